The van der Waals surface area contributed by atoms with Crippen molar-refractivity contribution in [1.82, 2.24) is 19.5 Å². The number of fused-ring (bicyclic) bond motifs is 3. The van der Waals surface area contributed by atoms with Gasteiger partial charge in [0, 0.05) is 40.0 Å². The van der Waals surface area contributed by atoms with Crippen LogP contribution in [-0.4, -0.2) is 19.5 Å². The van der Waals surface area contributed by atoms with Crippen molar-refractivity contribution in [2.75, 3.05) is 0 Å². The van der Waals surface area contributed by atoms with Gasteiger partial charge in [-0.05, 0) is 59.9 Å². The summed E-state index contributed by atoms with van der Waals surface area (Å²) < 4.78 is 8.15. The Balaban J connectivity index is 1.13. The molecule has 0 fully saturated rings. The van der Waals surface area contributed by atoms with E-state index in [1.807, 2.05) is 37.3 Å². The lowest BCUT2D eigenvalue weighted by Gasteiger charge is -2.21. The second-order valence-electron chi connectivity index (χ2n) is 14.5. The van der Waals surface area contributed by atoms with Gasteiger partial charge in [-0.15, -0.1) is 0 Å². The Morgan fingerprint density at radius 3 is 1.80 bits per heavy atom. The maximum atomic E-state index is 5.83. The van der Waals surface area contributed by atoms with Gasteiger partial charge in [0.2, 0.25) is 0 Å². The van der Waals surface area contributed by atoms with Crippen LogP contribution < -0.4 is 0 Å². The molecule has 0 aliphatic carbocycles. The molecular weight excluding hydrogens is 685 g/mol. The summed E-state index contributed by atoms with van der Waals surface area (Å²) >= 11 is 0. The third kappa shape index (κ3) is 6.54. The van der Waals surface area contributed by atoms with E-state index in [1.165, 1.54) is 38.5 Å². The van der Waals surface area contributed by atoms with E-state index < -0.39 is 5.41 Å². The topological polar surface area (TPSA) is 52.8 Å². The van der Waals surface area contributed by atoms with Gasteiger partial charge in [-0.2, -0.15) is 0 Å². The molecule has 56 heavy (non-hydrogen) atoms. The lowest BCUT2D eigenvalue weighted by molar-refractivity contribution is 0.324. The van der Waals surface area contributed by atoms with E-state index in [2.05, 4.69) is 171 Å². The number of allylic oxidation sites excluding steroid dienone is 6. The first kappa shape index (κ1) is 34.6. The van der Waals surface area contributed by atoms with Gasteiger partial charge in [0.05, 0.1) is 10.9 Å². The Morgan fingerprint density at radius 2 is 1.14 bits per heavy atom. The SMILES string of the molecule is C=C1/C=C\C(C)(c2nc(-c3ccc(-c4ccccc4)cc3)nc(-c3ccc(-c4cccc5c6ccc(-c7ccccc7)cc6n(C)c45)cc3)n2)/C=C\C=C(/C)O1. The third-order valence-electron chi connectivity index (χ3n) is 10.6. The molecule has 0 saturated carbocycles. The largest absolute Gasteiger partial charge is 0.463 e. The Kier molecular flexibility index (Phi) is 8.83. The molecule has 270 valence electrons. The zero-order valence-corrected chi connectivity index (χ0v) is 31.6. The van der Waals surface area contributed by atoms with Crippen LogP contribution in [0.3, 0.4) is 0 Å². The van der Waals surface area contributed by atoms with Crippen LogP contribution in [0.5, 0.6) is 0 Å². The standard InChI is InChI=1S/C51H40N4O/c1-34-13-12-31-51(3,32-30-35(2)56-34)50-53-48(40-24-20-38(21-25-40)36-14-7-5-8-15-36)52-49(54-50)41-26-22-39(23-27-41)43-18-11-19-45-44-29-28-42(37-16-9-6-10-17-37)33-46(44)55(4)47(43)45/h5-33H,2H2,1,3-4H3/b31-12-,32-30-,34-13+. The maximum absolute atomic E-state index is 5.83. The molecule has 1 aliphatic heterocycles. The van der Waals surface area contributed by atoms with Crippen LogP contribution in [0.25, 0.3) is 78.0 Å². The predicted molar refractivity (Wildman–Crippen MR) is 231 cm³/mol. The lowest BCUT2D eigenvalue weighted by Crippen LogP contribution is -2.21. The highest BCUT2D eigenvalue weighted by molar-refractivity contribution is 6.13. The van der Waals surface area contributed by atoms with E-state index in [9.17, 15) is 0 Å². The molecule has 1 atom stereocenters. The van der Waals surface area contributed by atoms with Crippen molar-refractivity contribution in [2.45, 2.75) is 19.3 Å². The molecule has 5 heteroatoms. The van der Waals surface area contributed by atoms with Crippen molar-refractivity contribution in [2.24, 2.45) is 7.05 Å². The van der Waals surface area contributed by atoms with Gasteiger partial charge in [-0.1, -0.05) is 164 Å². The highest BCUT2D eigenvalue weighted by Gasteiger charge is 2.27. The predicted octanol–water partition coefficient (Wildman–Crippen LogP) is 12.7. The molecule has 1 aliphatic rings. The number of hydrogen-bond acceptors (Lipinski definition) is 4. The fourth-order valence-corrected chi connectivity index (χ4v) is 7.57. The smallest absolute Gasteiger partial charge is 0.163 e. The first-order chi connectivity index (χ1) is 27.3. The van der Waals surface area contributed by atoms with E-state index in [0.717, 1.165) is 33.6 Å². The second kappa shape index (κ2) is 14.3. The first-order valence-electron chi connectivity index (χ1n) is 18.8. The molecule has 8 aromatic rings. The van der Waals surface area contributed by atoms with Crippen LogP contribution in [0.4, 0.5) is 0 Å². The van der Waals surface area contributed by atoms with Crippen molar-refractivity contribution in [3.05, 3.63) is 200 Å². The van der Waals surface area contributed by atoms with E-state index in [0.29, 0.717) is 23.2 Å². The maximum Gasteiger partial charge on any atom is 0.163 e. The van der Waals surface area contributed by atoms with E-state index >= 15 is 0 Å². The first-order valence-corrected chi connectivity index (χ1v) is 18.8. The van der Waals surface area contributed by atoms with E-state index in [-0.39, 0.29) is 0 Å². The highest BCUT2D eigenvalue weighted by Crippen LogP contribution is 2.38. The molecule has 0 spiro atoms. The summed E-state index contributed by atoms with van der Waals surface area (Å²) in [5.41, 5.74) is 10.5. The average molecular weight is 725 g/mol. The third-order valence-corrected chi connectivity index (χ3v) is 10.6. The zero-order valence-electron chi connectivity index (χ0n) is 31.6. The van der Waals surface area contributed by atoms with E-state index in [1.54, 1.807) is 0 Å². The average Bonchev–Trinajstić information content (AvgIpc) is 3.56. The molecule has 5 nitrogen and oxygen atoms in total. The van der Waals surface area contributed by atoms with E-state index in [4.69, 9.17) is 19.7 Å². The van der Waals surface area contributed by atoms with Crippen molar-refractivity contribution < 1.29 is 4.74 Å². The lowest BCUT2D eigenvalue weighted by atomic mass is 9.88. The Morgan fingerprint density at radius 1 is 0.571 bits per heavy atom. The molecule has 0 N–H and O–H groups in total. The highest BCUT2D eigenvalue weighted by atomic mass is 16.5. The van der Waals surface area contributed by atoms with Crippen LogP contribution in [0, 0.1) is 0 Å². The quantitative estimate of drug-likeness (QED) is 0.171. The molecule has 0 bridgehead atoms. The minimum absolute atomic E-state index is 0.549. The van der Waals surface area contributed by atoms with Crippen molar-refractivity contribution in [3.8, 4) is 56.2 Å². The van der Waals surface area contributed by atoms with Crippen LogP contribution in [0.15, 0.2) is 194 Å². The Bertz CT molecular complexity index is 2850. The monoisotopic (exact) mass is 724 g/mol. The van der Waals surface area contributed by atoms with Crippen LogP contribution in [0.1, 0.15) is 19.7 Å². The number of ether oxygens (including phenoxy) is 1. The summed E-state index contributed by atoms with van der Waals surface area (Å²) in [7, 11) is 2.16. The molecule has 6 aromatic carbocycles. The summed E-state index contributed by atoms with van der Waals surface area (Å²) in [5, 5.41) is 2.47. The Hall–Kier alpha value is -7.11. The molecule has 0 saturated heterocycles. The summed E-state index contributed by atoms with van der Waals surface area (Å²) in [4.78, 5) is 15.3. The number of benzene rings is 6. The molecule has 3 heterocycles. The van der Waals surface area contributed by atoms with Gasteiger partial charge in [-0.25, -0.2) is 15.0 Å². The number of para-hydroxylation sites is 1. The van der Waals surface area contributed by atoms with Crippen LogP contribution in [-0.2, 0) is 17.2 Å². The van der Waals surface area contributed by atoms with Gasteiger partial charge in [-0.3, -0.25) is 0 Å². The molecule has 1 unspecified atom stereocenters. The fourth-order valence-electron chi connectivity index (χ4n) is 7.57. The van der Waals surface area contributed by atoms with Crippen molar-refractivity contribution in [1.29, 1.82) is 0 Å². The zero-order chi connectivity index (χ0) is 38.2. The van der Waals surface area contributed by atoms with Crippen LogP contribution >= 0.6 is 0 Å². The van der Waals surface area contributed by atoms with Gasteiger partial charge in [0.1, 0.15) is 17.3 Å². The summed E-state index contributed by atoms with van der Waals surface area (Å²) in [6.45, 7) is 8.09. The fraction of sp³-hybridized carbons (Fsp3) is 0.0784. The summed E-state index contributed by atoms with van der Waals surface area (Å²) in [6, 6.07) is 51.3. The molecular formula is C51H40N4O. The Labute approximate surface area is 327 Å². The molecule has 0 radical (unpaired) electrons. The number of hydrogen-bond donors (Lipinski definition) is 0. The molecule has 0 amide bonds. The summed E-state index contributed by atoms with van der Waals surface area (Å²) in [6.07, 6.45) is 9.93. The van der Waals surface area contributed by atoms with Crippen LogP contribution in [0.2, 0.25) is 0 Å². The van der Waals surface area contributed by atoms with Gasteiger partial charge < -0.3 is 9.30 Å². The number of nitrogens with zero attached hydrogens (tertiary/aromatic N) is 4. The number of rotatable bonds is 6. The molecule has 9 rings (SSSR count). The van der Waals surface area contributed by atoms with Gasteiger partial charge in [0.15, 0.2) is 11.6 Å². The molecule has 2 aromatic heterocycles. The second-order valence-corrected chi connectivity index (χ2v) is 14.5. The van der Waals surface area contributed by atoms with Gasteiger partial charge in [0.25, 0.3) is 0 Å². The number of aryl methyl sites for hydroxylation is 1. The number of aromatic nitrogens is 4. The summed E-state index contributed by atoms with van der Waals surface area (Å²) in [5.74, 6) is 3.13. The van der Waals surface area contributed by atoms with Crippen molar-refractivity contribution >= 4 is 21.8 Å². The normalized spacial score (nSPS) is 17.7. The minimum atomic E-state index is -0.672. The van der Waals surface area contributed by atoms with Crippen molar-refractivity contribution in [3.63, 3.8) is 0 Å². The minimum Gasteiger partial charge on any atom is -0.463 e. The van der Waals surface area contributed by atoms with Gasteiger partial charge >= 0.3 is 0 Å².